The molecule has 3 rings (SSSR count). The molecule has 0 bridgehead atoms. The van der Waals surface area contributed by atoms with E-state index in [9.17, 15) is 0 Å². The Kier molecular flexibility index (Phi) is 5.51. The minimum absolute atomic E-state index is 0.258. The smallest absolute Gasteiger partial charge is 0.170 e. The highest BCUT2D eigenvalue weighted by Gasteiger charge is 2.15. The second-order valence-corrected chi connectivity index (χ2v) is 6.16. The van der Waals surface area contributed by atoms with Crippen LogP contribution in [0.15, 0.2) is 23.1 Å². The summed E-state index contributed by atoms with van der Waals surface area (Å²) < 4.78 is 6.46. The number of nitrogens with zero attached hydrogens (tertiary/aromatic N) is 5. The van der Waals surface area contributed by atoms with Gasteiger partial charge < -0.3 is 15.4 Å². The van der Waals surface area contributed by atoms with Crippen molar-refractivity contribution in [1.82, 2.24) is 25.5 Å². The topological polar surface area (TPSA) is 109 Å². The van der Waals surface area contributed by atoms with Gasteiger partial charge in [0.1, 0.15) is 11.9 Å². The lowest BCUT2D eigenvalue weighted by Crippen LogP contribution is -2.30. The maximum atomic E-state index is 8.73. The highest BCUT2D eigenvalue weighted by Crippen LogP contribution is 2.26. The summed E-state index contributed by atoms with van der Waals surface area (Å²) in [4.78, 5) is 8.04. The number of nitriles is 1. The highest BCUT2D eigenvalue weighted by molar-refractivity contribution is 9.10. The summed E-state index contributed by atoms with van der Waals surface area (Å²) in [5, 5.41) is 23.1. The third-order valence-electron chi connectivity index (χ3n) is 3.67. The molecule has 0 radical (unpaired) electrons. The maximum Gasteiger partial charge on any atom is 0.170 e. The molecule has 1 saturated heterocycles. The van der Waals surface area contributed by atoms with E-state index < -0.39 is 0 Å². The van der Waals surface area contributed by atoms with Gasteiger partial charge in [-0.2, -0.15) is 5.26 Å². The standard InChI is InChI=1S/C15H16BrN7O/c16-15-12(24-9-10-1-3-18-4-2-10)5-13(22-23-15)21-14-8-19-11(6-17)7-20-14/h5,7-8,10,18H,1-4,9H2,(H,20,21,22). The van der Waals surface area contributed by atoms with Crippen LogP contribution in [0.5, 0.6) is 5.75 Å². The second-order valence-electron chi connectivity index (χ2n) is 5.41. The SMILES string of the molecule is N#Cc1cnc(Nc2cc(OCC3CCNCC3)c(Br)nn2)cn1. The monoisotopic (exact) mass is 389 g/mol. The van der Waals surface area contributed by atoms with Crippen LogP contribution in [0.1, 0.15) is 18.5 Å². The van der Waals surface area contributed by atoms with E-state index in [4.69, 9.17) is 10.00 Å². The predicted octanol–water partition coefficient (Wildman–Crippen LogP) is 2.02. The van der Waals surface area contributed by atoms with E-state index in [1.54, 1.807) is 6.07 Å². The van der Waals surface area contributed by atoms with Crippen molar-refractivity contribution in [2.45, 2.75) is 12.8 Å². The molecule has 2 aromatic rings. The van der Waals surface area contributed by atoms with Crippen molar-refractivity contribution in [3.63, 3.8) is 0 Å². The van der Waals surface area contributed by atoms with Crippen molar-refractivity contribution in [1.29, 1.82) is 5.26 Å². The van der Waals surface area contributed by atoms with Crippen molar-refractivity contribution in [2.24, 2.45) is 5.92 Å². The number of rotatable bonds is 5. The van der Waals surface area contributed by atoms with Gasteiger partial charge in [-0.05, 0) is 47.8 Å². The predicted molar refractivity (Wildman–Crippen MR) is 90.9 cm³/mol. The van der Waals surface area contributed by atoms with Crippen molar-refractivity contribution in [3.8, 4) is 11.8 Å². The summed E-state index contributed by atoms with van der Waals surface area (Å²) in [6.45, 7) is 2.73. The fourth-order valence-electron chi connectivity index (χ4n) is 2.36. The number of hydrogen-bond acceptors (Lipinski definition) is 8. The molecule has 2 aromatic heterocycles. The van der Waals surface area contributed by atoms with Crippen molar-refractivity contribution in [3.05, 3.63) is 28.8 Å². The average molecular weight is 390 g/mol. The average Bonchev–Trinajstić information content (AvgIpc) is 2.63. The molecule has 0 aromatic carbocycles. The lowest BCUT2D eigenvalue weighted by molar-refractivity contribution is 0.213. The number of hydrogen-bond donors (Lipinski definition) is 2. The van der Waals surface area contributed by atoms with E-state index in [1.807, 2.05) is 6.07 Å². The lowest BCUT2D eigenvalue weighted by Gasteiger charge is -2.22. The summed E-state index contributed by atoms with van der Waals surface area (Å²) in [6, 6.07) is 3.68. The Balaban J connectivity index is 1.65. The Morgan fingerprint density at radius 2 is 2.08 bits per heavy atom. The third kappa shape index (κ3) is 4.37. The molecule has 0 saturated carbocycles. The van der Waals surface area contributed by atoms with E-state index in [2.05, 4.69) is 46.7 Å². The van der Waals surface area contributed by atoms with Gasteiger partial charge in [0, 0.05) is 6.07 Å². The molecule has 0 spiro atoms. The first kappa shape index (κ1) is 16.5. The Labute approximate surface area is 147 Å². The van der Waals surface area contributed by atoms with Crippen LogP contribution in [0.2, 0.25) is 0 Å². The summed E-state index contributed by atoms with van der Waals surface area (Å²) >= 11 is 3.36. The van der Waals surface area contributed by atoms with Crippen molar-refractivity contribution < 1.29 is 4.74 Å². The van der Waals surface area contributed by atoms with Crippen molar-refractivity contribution >= 4 is 27.6 Å². The molecule has 0 aliphatic carbocycles. The van der Waals surface area contributed by atoms with Crippen LogP contribution in [0, 0.1) is 17.2 Å². The van der Waals surface area contributed by atoms with Crippen molar-refractivity contribution in [2.75, 3.05) is 25.0 Å². The highest BCUT2D eigenvalue weighted by atomic mass is 79.9. The molecule has 2 N–H and O–H groups in total. The molecule has 0 unspecified atom stereocenters. The largest absolute Gasteiger partial charge is 0.490 e. The summed E-state index contributed by atoms with van der Waals surface area (Å²) in [5.41, 5.74) is 0.258. The van der Waals surface area contributed by atoms with E-state index in [-0.39, 0.29) is 5.69 Å². The molecule has 124 valence electrons. The zero-order valence-electron chi connectivity index (χ0n) is 12.9. The Morgan fingerprint density at radius 3 is 2.79 bits per heavy atom. The maximum absolute atomic E-state index is 8.73. The molecule has 1 aliphatic heterocycles. The minimum atomic E-state index is 0.258. The van der Waals surface area contributed by atoms with E-state index >= 15 is 0 Å². The van der Waals surface area contributed by atoms with E-state index in [1.165, 1.54) is 12.4 Å². The van der Waals surface area contributed by atoms with Gasteiger partial charge in [0.05, 0.1) is 19.0 Å². The molecule has 8 nitrogen and oxygen atoms in total. The number of halogens is 1. The molecule has 0 atom stereocenters. The van der Waals surface area contributed by atoms with Crippen LogP contribution in [-0.4, -0.2) is 39.9 Å². The zero-order valence-corrected chi connectivity index (χ0v) is 14.5. The molecular formula is C15H16BrN7O. The number of nitrogens with one attached hydrogen (secondary N) is 2. The Bertz CT molecular complexity index is 726. The Morgan fingerprint density at radius 1 is 1.25 bits per heavy atom. The third-order valence-corrected chi connectivity index (χ3v) is 4.22. The van der Waals surface area contributed by atoms with Crippen LogP contribution >= 0.6 is 15.9 Å². The van der Waals surface area contributed by atoms with Gasteiger partial charge in [0.2, 0.25) is 0 Å². The zero-order chi connectivity index (χ0) is 16.8. The summed E-state index contributed by atoms with van der Waals surface area (Å²) in [7, 11) is 0. The van der Waals surface area contributed by atoms with Gasteiger partial charge in [-0.25, -0.2) is 9.97 Å². The normalized spacial score (nSPS) is 14.8. The Hall–Kier alpha value is -2.31. The molecule has 3 heterocycles. The first-order valence-corrected chi connectivity index (χ1v) is 8.40. The van der Waals surface area contributed by atoms with Gasteiger partial charge in [-0.1, -0.05) is 0 Å². The van der Waals surface area contributed by atoms with Gasteiger partial charge in [-0.3, -0.25) is 0 Å². The molecular weight excluding hydrogens is 374 g/mol. The summed E-state index contributed by atoms with van der Waals surface area (Å²) in [5.74, 6) is 2.16. The lowest BCUT2D eigenvalue weighted by atomic mass is 9.99. The first-order valence-electron chi connectivity index (χ1n) is 7.60. The molecule has 1 fully saturated rings. The summed E-state index contributed by atoms with van der Waals surface area (Å²) in [6.07, 6.45) is 5.09. The molecule has 24 heavy (non-hydrogen) atoms. The molecule has 0 amide bonds. The number of piperidine rings is 1. The fourth-order valence-corrected chi connectivity index (χ4v) is 2.67. The van der Waals surface area contributed by atoms with E-state index in [0.717, 1.165) is 25.9 Å². The first-order chi connectivity index (χ1) is 11.7. The fraction of sp³-hybridized carbons (Fsp3) is 0.400. The van der Waals surface area contributed by atoms with Gasteiger partial charge in [0.15, 0.2) is 21.9 Å². The minimum Gasteiger partial charge on any atom is -0.490 e. The molecule has 1 aliphatic rings. The second kappa shape index (κ2) is 7.99. The van der Waals surface area contributed by atoms with E-state index in [0.29, 0.717) is 34.5 Å². The molecule has 9 heteroatoms. The number of ether oxygens (including phenoxy) is 1. The van der Waals surface area contributed by atoms with Crippen LogP contribution < -0.4 is 15.4 Å². The van der Waals surface area contributed by atoms with Crippen LogP contribution in [-0.2, 0) is 0 Å². The number of anilines is 2. The van der Waals surface area contributed by atoms with Gasteiger partial charge in [-0.15, -0.1) is 10.2 Å². The quantitative estimate of drug-likeness (QED) is 0.798. The van der Waals surface area contributed by atoms with Crippen LogP contribution in [0.3, 0.4) is 0 Å². The van der Waals surface area contributed by atoms with Gasteiger partial charge >= 0.3 is 0 Å². The van der Waals surface area contributed by atoms with Gasteiger partial charge in [0.25, 0.3) is 0 Å². The number of aromatic nitrogens is 4. The van der Waals surface area contributed by atoms with Crippen LogP contribution in [0.25, 0.3) is 0 Å². The van der Waals surface area contributed by atoms with Crippen LogP contribution in [0.4, 0.5) is 11.6 Å².